The average molecular weight is 292 g/mol. The van der Waals surface area contributed by atoms with E-state index in [1.54, 1.807) is 0 Å². The molecule has 3 rings (SSSR count). The van der Waals surface area contributed by atoms with E-state index in [2.05, 4.69) is 30.5 Å². The molecule has 0 bridgehead atoms. The summed E-state index contributed by atoms with van der Waals surface area (Å²) in [6.45, 7) is 2.73. The molecule has 116 valence electrons. The topological polar surface area (TPSA) is 86.2 Å². The van der Waals surface area contributed by atoms with Crippen molar-refractivity contribution in [2.24, 2.45) is 5.92 Å². The number of aliphatic hydroxyl groups is 1. The SMILES string of the molecule is CNc1nc(NCC2CCCC2O)nc(N2CCCC2)n1. The Hall–Kier alpha value is -1.63. The van der Waals surface area contributed by atoms with Crippen LogP contribution in [0.3, 0.4) is 0 Å². The maximum atomic E-state index is 9.88. The predicted octanol–water partition coefficient (Wildman–Crippen LogP) is 1.09. The zero-order valence-electron chi connectivity index (χ0n) is 12.5. The molecule has 2 unspecified atom stereocenters. The highest BCUT2D eigenvalue weighted by atomic mass is 16.3. The fourth-order valence-electron chi connectivity index (χ4n) is 3.09. The van der Waals surface area contributed by atoms with E-state index in [4.69, 9.17) is 0 Å². The summed E-state index contributed by atoms with van der Waals surface area (Å²) in [6, 6.07) is 0. The Balaban J connectivity index is 1.69. The van der Waals surface area contributed by atoms with Crippen molar-refractivity contribution < 1.29 is 5.11 Å². The molecular formula is C14H24N6O. The standard InChI is InChI=1S/C14H24N6O/c1-15-12-17-13(16-9-10-5-4-6-11(10)21)19-14(18-12)20-7-2-3-8-20/h10-11,21H,2-9H2,1H3,(H2,15,16,17,18,19). The van der Waals surface area contributed by atoms with Crippen molar-refractivity contribution in [2.45, 2.75) is 38.2 Å². The third kappa shape index (κ3) is 3.34. The number of hydrogen-bond donors (Lipinski definition) is 3. The highest BCUT2D eigenvalue weighted by molar-refractivity contribution is 5.44. The summed E-state index contributed by atoms with van der Waals surface area (Å²) in [5.74, 6) is 2.22. The van der Waals surface area contributed by atoms with E-state index in [1.165, 1.54) is 12.8 Å². The quantitative estimate of drug-likeness (QED) is 0.749. The number of rotatable bonds is 5. The second kappa shape index (κ2) is 6.43. The smallest absolute Gasteiger partial charge is 0.231 e. The first-order chi connectivity index (χ1) is 10.3. The summed E-state index contributed by atoms with van der Waals surface area (Å²) in [4.78, 5) is 15.5. The van der Waals surface area contributed by atoms with Crippen LogP contribution in [0.15, 0.2) is 0 Å². The van der Waals surface area contributed by atoms with Crippen molar-refractivity contribution in [3.63, 3.8) is 0 Å². The third-order valence-electron chi connectivity index (χ3n) is 4.38. The fourth-order valence-corrected chi connectivity index (χ4v) is 3.09. The number of aliphatic hydroxyl groups excluding tert-OH is 1. The molecule has 0 spiro atoms. The number of nitrogens with zero attached hydrogens (tertiary/aromatic N) is 4. The van der Waals surface area contributed by atoms with Gasteiger partial charge in [-0.1, -0.05) is 6.42 Å². The Morgan fingerprint density at radius 3 is 2.52 bits per heavy atom. The summed E-state index contributed by atoms with van der Waals surface area (Å²) in [7, 11) is 1.81. The lowest BCUT2D eigenvalue weighted by atomic mass is 10.1. The molecule has 7 nitrogen and oxygen atoms in total. The number of anilines is 3. The monoisotopic (exact) mass is 292 g/mol. The number of hydrogen-bond acceptors (Lipinski definition) is 7. The van der Waals surface area contributed by atoms with Crippen molar-refractivity contribution in [3.8, 4) is 0 Å². The fraction of sp³-hybridized carbons (Fsp3) is 0.786. The second-order valence-electron chi connectivity index (χ2n) is 5.87. The Morgan fingerprint density at radius 1 is 1.10 bits per heavy atom. The molecular weight excluding hydrogens is 268 g/mol. The van der Waals surface area contributed by atoms with Crippen molar-refractivity contribution in [1.82, 2.24) is 15.0 Å². The lowest BCUT2D eigenvalue weighted by Crippen LogP contribution is -2.25. The zero-order chi connectivity index (χ0) is 14.7. The van der Waals surface area contributed by atoms with Crippen LogP contribution in [0, 0.1) is 5.92 Å². The van der Waals surface area contributed by atoms with Crippen molar-refractivity contribution >= 4 is 17.8 Å². The molecule has 1 aliphatic carbocycles. The van der Waals surface area contributed by atoms with Crippen molar-refractivity contribution in [2.75, 3.05) is 42.2 Å². The van der Waals surface area contributed by atoms with Gasteiger partial charge in [-0.2, -0.15) is 15.0 Å². The van der Waals surface area contributed by atoms with E-state index in [0.29, 0.717) is 24.4 Å². The normalized spacial score (nSPS) is 25.3. The van der Waals surface area contributed by atoms with E-state index < -0.39 is 0 Å². The van der Waals surface area contributed by atoms with Gasteiger partial charge in [0.2, 0.25) is 17.8 Å². The molecule has 0 aromatic carbocycles. The average Bonchev–Trinajstić information content (AvgIpc) is 3.16. The Bertz CT molecular complexity index is 477. The Morgan fingerprint density at radius 2 is 1.86 bits per heavy atom. The van der Waals surface area contributed by atoms with Gasteiger partial charge in [-0.15, -0.1) is 0 Å². The summed E-state index contributed by atoms with van der Waals surface area (Å²) in [5, 5.41) is 16.1. The molecule has 1 aromatic heterocycles. The summed E-state index contributed by atoms with van der Waals surface area (Å²) < 4.78 is 0. The maximum Gasteiger partial charge on any atom is 0.231 e. The highest BCUT2D eigenvalue weighted by Crippen LogP contribution is 2.26. The Labute approximate surface area is 125 Å². The van der Waals surface area contributed by atoms with Gasteiger partial charge in [-0.05, 0) is 25.7 Å². The van der Waals surface area contributed by atoms with Gasteiger partial charge in [0, 0.05) is 32.6 Å². The van der Waals surface area contributed by atoms with Gasteiger partial charge in [-0.3, -0.25) is 0 Å². The summed E-state index contributed by atoms with van der Waals surface area (Å²) in [6.07, 6.45) is 5.27. The van der Waals surface area contributed by atoms with Crippen LogP contribution < -0.4 is 15.5 Å². The van der Waals surface area contributed by atoms with Gasteiger partial charge in [0.05, 0.1) is 6.10 Å². The van der Waals surface area contributed by atoms with Gasteiger partial charge in [-0.25, -0.2) is 0 Å². The lowest BCUT2D eigenvalue weighted by Gasteiger charge is -2.18. The van der Waals surface area contributed by atoms with Crippen LogP contribution in [0.4, 0.5) is 17.8 Å². The largest absolute Gasteiger partial charge is 0.393 e. The van der Waals surface area contributed by atoms with E-state index in [9.17, 15) is 5.11 Å². The first-order valence-electron chi connectivity index (χ1n) is 7.87. The highest BCUT2D eigenvalue weighted by Gasteiger charge is 2.25. The lowest BCUT2D eigenvalue weighted by molar-refractivity contribution is 0.138. The molecule has 2 aliphatic rings. The minimum absolute atomic E-state index is 0.193. The van der Waals surface area contributed by atoms with Crippen LogP contribution in [-0.2, 0) is 0 Å². The van der Waals surface area contributed by atoms with Gasteiger partial charge in [0.25, 0.3) is 0 Å². The van der Waals surface area contributed by atoms with Crippen LogP contribution >= 0.6 is 0 Å². The third-order valence-corrected chi connectivity index (χ3v) is 4.38. The number of nitrogens with one attached hydrogen (secondary N) is 2. The molecule has 1 aliphatic heterocycles. The summed E-state index contributed by atoms with van der Waals surface area (Å²) >= 11 is 0. The van der Waals surface area contributed by atoms with Gasteiger partial charge in [0.15, 0.2) is 0 Å². The maximum absolute atomic E-state index is 9.88. The van der Waals surface area contributed by atoms with Crippen LogP contribution in [0.1, 0.15) is 32.1 Å². The molecule has 7 heteroatoms. The van der Waals surface area contributed by atoms with E-state index >= 15 is 0 Å². The number of aromatic nitrogens is 3. The van der Waals surface area contributed by atoms with Crippen LogP contribution in [0.5, 0.6) is 0 Å². The first-order valence-corrected chi connectivity index (χ1v) is 7.87. The molecule has 21 heavy (non-hydrogen) atoms. The van der Waals surface area contributed by atoms with E-state index in [1.807, 2.05) is 7.05 Å². The molecule has 3 N–H and O–H groups in total. The minimum atomic E-state index is -0.193. The minimum Gasteiger partial charge on any atom is -0.393 e. The molecule has 1 aromatic rings. The van der Waals surface area contributed by atoms with Crippen LogP contribution in [0.2, 0.25) is 0 Å². The molecule has 1 saturated carbocycles. The Kier molecular flexibility index (Phi) is 4.38. The molecule has 0 amide bonds. The van der Waals surface area contributed by atoms with E-state index in [0.717, 1.165) is 38.3 Å². The summed E-state index contributed by atoms with van der Waals surface area (Å²) in [5.41, 5.74) is 0. The molecule has 2 atom stereocenters. The predicted molar refractivity (Wildman–Crippen MR) is 82.7 cm³/mol. The van der Waals surface area contributed by atoms with Crippen molar-refractivity contribution in [3.05, 3.63) is 0 Å². The first kappa shape index (κ1) is 14.3. The van der Waals surface area contributed by atoms with Crippen LogP contribution in [0.25, 0.3) is 0 Å². The molecule has 2 fully saturated rings. The van der Waals surface area contributed by atoms with Gasteiger partial charge in [0.1, 0.15) is 0 Å². The van der Waals surface area contributed by atoms with Crippen molar-refractivity contribution in [1.29, 1.82) is 0 Å². The van der Waals surface area contributed by atoms with Gasteiger partial charge >= 0.3 is 0 Å². The van der Waals surface area contributed by atoms with Crippen LogP contribution in [-0.4, -0.2) is 52.8 Å². The molecule has 0 radical (unpaired) electrons. The second-order valence-corrected chi connectivity index (χ2v) is 5.87. The van der Waals surface area contributed by atoms with Gasteiger partial charge < -0.3 is 20.6 Å². The molecule has 2 heterocycles. The van der Waals surface area contributed by atoms with E-state index in [-0.39, 0.29) is 6.10 Å². The molecule has 1 saturated heterocycles. The zero-order valence-corrected chi connectivity index (χ0v) is 12.5.